The summed E-state index contributed by atoms with van der Waals surface area (Å²) >= 11 is 6.08. The molecule has 2 aliphatic rings. The standard InChI is InChI=1S/C27H36ClN5/c28-26-10-8-24(9-11-26)27(29)25(21-30-20-23-6-2-1-3-7-23)22-33-18-16-32(17-19-33)15-14-31-12-4-5-13-31/h1-3,6-11,21H,4-5,12-20,22,29H2. The van der Waals surface area contributed by atoms with Gasteiger partial charge in [-0.1, -0.05) is 54.1 Å². The molecular formula is C27H36ClN5. The van der Waals surface area contributed by atoms with Gasteiger partial charge >= 0.3 is 0 Å². The zero-order valence-corrected chi connectivity index (χ0v) is 20.3. The monoisotopic (exact) mass is 465 g/mol. The van der Waals surface area contributed by atoms with Gasteiger partial charge < -0.3 is 10.6 Å². The molecule has 2 aromatic rings. The Labute approximate surface area is 203 Å². The third-order valence-corrected chi connectivity index (χ3v) is 6.91. The lowest BCUT2D eigenvalue weighted by Crippen LogP contribution is -2.48. The molecule has 2 aliphatic heterocycles. The number of aliphatic imine (C=N–C) groups is 1. The van der Waals surface area contributed by atoms with E-state index in [1.54, 1.807) is 0 Å². The minimum atomic E-state index is 0.655. The summed E-state index contributed by atoms with van der Waals surface area (Å²) in [4.78, 5) is 12.4. The Kier molecular flexibility index (Phi) is 8.95. The van der Waals surface area contributed by atoms with E-state index in [0.29, 0.717) is 6.54 Å². The number of hydrogen-bond acceptors (Lipinski definition) is 5. The van der Waals surface area contributed by atoms with Crippen LogP contribution in [0.2, 0.25) is 5.02 Å². The van der Waals surface area contributed by atoms with Crippen molar-refractivity contribution in [2.45, 2.75) is 19.4 Å². The predicted molar refractivity (Wildman–Crippen MR) is 140 cm³/mol. The summed E-state index contributed by atoms with van der Waals surface area (Å²) in [6.07, 6.45) is 4.70. The molecule has 0 aliphatic carbocycles. The van der Waals surface area contributed by atoms with Crippen LogP contribution < -0.4 is 5.73 Å². The van der Waals surface area contributed by atoms with E-state index in [1.165, 1.54) is 44.6 Å². The fraction of sp³-hybridized carbons (Fsp3) is 0.444. The van der Waals surface area contributed by atoms with Gasteiger partial charge in [0.1, 0.15) is 0 Å². The fourth-order valence-corrected chi connectivity index (χ4v) is 4.68. The van der Waals surface area contributed by atoms with Crippen LogP contribution in [0.1, 0.15) is 24.0 Å². The van der Waals surface area contributed by atoms with Crippen LogP contribution in [0, 0.1) is 0 Å². The number of piperazine rings is 1. The van der Waals surface area contributed by atoms with Gasteiger partial charge in [0, 0.05) is 68.3 Å². The van der Waals surface area contributed by atoms with E-state index in [4.69, 9.17) is 22.3 Å². The molecule has 176 valence electrons. The van der Waals surface area contributed by atoms with E-state index in [9.17, 15) is 0 Å². The van der Waals surface area contributed by atoms with Crippen LogP contribution in [-0.4, -0.2) is 79.8 Å². The zero-order chi connectivity index (χ0) is 22.9. The molecule has 0 amide bonds. The molecule has 33 heavy (non-hydrogen) atoms. The van der Waals surface area contributed by atoms with Gasteiger partial charge in [-0.05, 0) is 49.2 Å². The van der Waals surface area contributed by atoms with Crippen LogP contribution in [0.15, 0.2) is 65.2 Å². The Morgan fingerprint density at radius 3 is 2.09 bits per heavy atom. The molecule has 0 aromatic heterocycles. The predicted octanol–water partition coefficient (Wildman–Crippen LogP) is 3.99. The number of benzene rings is 2. The van der Waals surface area contributed by atoms with E-state index < -0.39 is 0 Å². The second kappa shape index (κ2) is 12.3. The largest absolute Gasteiger partial charge is 0.398 e. The highest BCUT2D eigenvalue weighted by molar-refractivity contribution is 6.30. The fourth-order valence-electron chi connectivity index (χ4n) is 4.56. The number of halogens is 1. The Morgan fingerprint density at radius 2 is 1.42 bits per heavy atom. The molecule has 0 spiro atoms. The number of likely N-dealkylation sites (tertiary alicyclic amines) is 1. The highest BCUT2D eigenvalue weighted by Crippen LogP contribution is 2.18. The Balaban J connectivity index is 1.38. The second-order valence-corrected chi connectivity index (χ2v) is 9.50. The summed E-state index contributed by atoms with van der Waals surface area (Å²) in [5, 5.41) is 0.718. The maximum Gasteiger partial charge on any atom is 0.0639 e. The first-order valence-electron chi connectivity index (χ1n) is 12.1. The van der Waals surface area contributed by atoms with E-state index in [2.05, 4.69) is 26.8 Å². The summed E-state index contributed by atoms with van der Waals surface area (Å²) < 4.78 is 0. The van der Waals surface area contributed by atoms with Gasteiger partial charge in [0.05, 0.1) is 6.54 Å². The van der Waals surface area contributed by atoms with Crippen molar-refractivity contribution in [3.63, 3.8) is 0 Å². The van der Waals surface area contributed by atoms with Gasteiger partial charge in [-0.2, -0.15) is 0 Å². The van der Waals surface area contributed by atoms with Crippen molar-refractivity contribution in [2.75, 3.05) is 58.9 Å². The van der Waals surface area contributed by atoms with Crippen LogP contribution in [-0.2, 0) is 6.54 Å². The molecule has 2 saturated heterocycles. The van der Waals surface area contributed by atoms with Crippen molar-refractivity contribution < 1.29 is 0 Å². The number of nitrogens with zero attached hydrogens (tertiary/aromatic N) is 4. The van der Waals surface area contributed by atoms with Crippen molar-refractivity contribution in [2.24, 2.45) is 10.7 Å². The van der Waals surface area contributed by atoms with E-state index in [-0.39, 0.29) is 0 Å². The number of rotatable bonds is 9. The van der Waals surface area contributed by atoms with Gasteiger partial charge in [0.25, 0.3) is 0 Å². The van der Waals surface area contributed by atoms with Gasteiger partial charge in [-0.15, -0.1) is 0 Å². The third-order valence-electron chi connectivity index (χ3n) is 6.65. The molecule has 2 aromatic carbocycles. The average Bonchev–Trinajstić information content (AvgIpc) is 3.37. The molecule has 4 rings (SSSR count). The molecule has 0 atom stereocenters. The molecule has 6 heteroatoms. The normalized spacial score (nSPS) is 19.3. The lowest BCUT2D eigenvalue weighted by Gasteiger charge is -2.35. The molecule has 2 N–H and O–H groups in total. The molecule has 5 nitrogen and oxygen atoms in total. The van der Waals surface area contributed by atoms with Crippen molar-refractivity contribution >= 4 is 23.5 Å². The first-order valence-corrected chi connectivity index (χ1v) is 12.5. The molecule has 2 fully saturated rings. The number of hydrogen-bond donors (Lipinski definition) is 1. The van der Waals surface area contributed by atoms with Crippen molar-refractivity contribution in [1.29, 1.82) is 0 Å². The summed E-state index contributed by atoms with van der Waals surface area (Å²) in [6.45, 7) is 10.8. The maximum absolute atomic E-state index is 6.63. The Hall–Kier alpha value is -2.18. The summed E-state index contributed by atoms with van der Waals surface area (Å²) in [6, 6.07) is 18.1. The zero-order valence-electron chi connectivity index (χ0n) is 19.5. The van der Waals surface area contributed by atoms with Crippen LogP contribution in [0.5, 0.6) is 0 Å². The molecule has 0 unspecified atom stereocenters. The minimum Gasteiger partial charge on any atom is -0.398 e. The average molecular weight is 466 g/mol. The highest BCUT2D eigenvalue weighted by atomic mass is 35.5. The minimum absolute atomic E-state index is 0.655. The van der Waals surface area contributed by atoms with E-state index in [0.717, 1.165) is 54.6 Å². The first kappa shape index (κ1) is 24.0. The van der Waals surface area contributed by atoms with E-state index in [1.807, 2.05) is 48.7 Å². The van der Waals surface area contributed by atoms with Crippen LogP contribution >= 0.6 is 11.6 Å². The quantitative estimate of drug-likeness (QED) is 0.569. The molecule has 2 heterocycles. The highest BCUT2D eigenvalue weighted by Gasteiger charge is 2.20. The summed E-state index contributed by atoms with van der Waals surface area (Å²) in [5.74, 6) is 0. The van der Waals surface area contributed by atoms with Gasteiger partial charge in [-0.25, -0.2) is 0 Å². The van der Waals surface area contributed by atoms with Crippen molar-refractivity contribution in [1.82, 2.24) is 14.7 Å². The van der Waals surface area contributed by atoms with Crippen molar-refractivity contribution in [3.8, 4) is 0 Å². The van der Waals surface area contributed by atoms with Gasteiger partial charge in [-0.3, -0.25) is 14.8 Å². The summed E-state index contributed by atoms with van der Waals surface area (Å²) in [7, 11) is 0. The number of nitrogens with two attached hydrogens (primary N) is 1. The van der Waals surface area contributed by atoms with Crippen LogP contribution in [0.25, 0.3) is 5.70 Å². The van der Waals surface area contributed by atoms with Gasteiger partial charge in [0.2, 0.25) is 0 Å². The Bertz CT molecular complexity index is 911. The molecule has 0 bridgehead atoms. The van der Waals surface area contributed by atoms with Gasteiger partial charge in [0.15, 0.2) is 0 Å². The van der Waals surface area contributed by atoms with Crippen LogP contribution in [0.3, 0.4) is 0 Å². The lowest BCUT2D eigenvalue weighted by molar-refractivity contribution is 0.130. The third kappa shape index (κ3) is 7.41. The summed E-state index contributed by atoms with van der Waals surface area (Å²) in [5.41, 5.74) is 10.7. The maximum atomic E-state index is 6.63. The molecular weight excluding hydrogens is 430 g/mol. The van der Waals surface area contributed by atoms with Crippen LogP contribution in [0.4, 0.5) is 0 Å². The van der Waals surface area contributed by atoms with E-state index >= 15 is 0 Å². The second-order valence-electron chi connectivity index (χ2n) is 9.07. The lowest BCUT2D eigenvalue weighted by atomic mass is 10.1. The molecule has 0 saturated carbocycles. The smallest absolute Gasteiger partial charge is 0.0639 e. The Morgan fingerprint density at radius 1 is 0.818 bits per heavy atom. The topological polar surface area (TPSA) is 48.1 Å². The SMILES string of the molecule is NC(=C(C=NCc1ccccc1)CN1CCN(CCN2CCCC2)CC1)c1ccc(Cl)cc1. The molecule has 0 radical (unpaired) electrons. The van der Waals surface area contributed by atoms with Crippen molar-refractivity contribution in [3.05, 3.63) is 76.3 Å². The first-order chi connectivity index (χ1) is 16.2.